The summed E-state index contributed by atoms with van der Waals surface area (Å²) in [5, 5.41) is 8.08. The van der Waals surface area contributed by atoms with Crippen LogP contribution in [0.15, 0.2) is 64.5 Å². The molecule has 0 bridgehead atoms. The Balaban J connectivity index is 1.71. The van der Waals surface area contributed by atoms with Crippen LogP contribution in [-0.4, -0.2) is 55.0 Å². The molecule has 0 aliphatic carbocycles. The lowest BCUT2D eigenvalue weighted by Crippen LogP contribution is -2.44. The van der Waals surface area contributed by atoms with Crippen molar-refractivity contribution >= 4 is 49.9 Å². The number of benzene rings is 1. The number of H-pyrrole nitrogens is 2. The predicted molar refractivity (Wildman–Crippen MR) is 143 cm³/mol. The van der Waals surface area contributed by atoms with Gasteiger partial charge >= 0.3 is 0 Å². The first kappa shape index (κ1) is 25.3. The molecule has 5 aromatic rings. The van der Waals surface area contributed by atoms with Crippen LogP contribution in [-0.2, 0) is 16.1 Å². The molecule has 13 heteroatoms. The van der Waals surface area contributed by atoms with Gasteiger partial charge in [0, 0.05) is 37.1 Å². The Labute approximate surface area is 224 Å². The lowest BCUT2D eigenvalue weighted by molar-refractivity contribution is -0.122. The van der Waals surface area contributed by atoms with Crippen LogP contribution in [0.5, 0.6) is 0 Å². The summed E-state index contributed by atoms with van der Waals surface area (Å²) in [7, 11) is 1.54. The lowest BCUT2D eigenvalue weighted by Gasteiger charge is -2.30. The highest BCUT2D eigenvalue weighted by molar-refractivity contribution is 9.10. The van der Waals surface area contributed by atoms with Crippen molar-refractivity contribution in [3.8, 4) is 0 Å². The number of amides is 2. The van der Waals surface area contributed by atoms with Gasteiger partial charge in [0.05, 0.1) is 24.1 Å². The molecule has 1 unspecified atom stereocenters. The summed E-state index contributed by atoms with van der Waals surface area (Å²) < 4.78 is 7.02. The lowest BCUT2D eigenvalue weighted by atomic mass is 10.1. The van der Waals surface area contributed by atoms with E-state index in [4.69, 9.17) is 4.74 Å². The molecular weight excluding hydrogens is 556 g/mol. The Morgan fingerprint density at radius 3 is 2.87 bits per heavy atom. The monoisotopic (exact) mass is 578 g/mol. The second-order valence-electron chi connectivity index (χ2n) is 8.38. The smallest absolute Gasteiger partial charge is 0.260 e. The highest BCUT2D eigenvalue weighted by Crippen LogP contribution is 2.30. The average Bonchev–Trinajstić information content (AvgIpc) is 3.52. The number of methoxy groups -OCH3 is 1. The van der Waals surface area contributed by atoms with Crippen LogP contribution in [0.4, 0.5) is 5.69 Å². The maximum atomic E-state index is 14.2. The van der Waals surface area contributed by atoms with Gasteiger partial charge in [0.1, 0.15) is 5.82 Å². The molecule has 194 valence electrons. The first-order valence-electron chi connectivity index (χ1n) is 11.7. The number of carbonyl (C=O) groups excluding carboxylic acids is 2. The van der Waals surface area contributed by atoms with E-state index in [0.717, 1.165) is 0 Å². The van der Waals surface area contributed by atoms with Crippen molar-refractivity contribution in [1.29, 1.82) is 0 Å². The maximum Gasteiger partial charge on any atom is 0.260 e. The van der Waals surface area contributed by atoms with Crippen LogP contribution in [0.2, 0.25) is 0 Å². The third-order valence-electron chi connectivity index (χ3n) is 5.87. The fraction of sp³-hybridized carbons (Fsp3) is 0.200. The molecule has 0 radical (unpaired) electrons. The minimum Gasteiger partial charge on any atom is -0.378 e. The summed E-state index contributed by atoms with van der Waals surface area (Å²) in [4.78, 5) is 56.0. The van der Waals surface area contributed by atoms with E-state index in [0.29, 0.717) is 39.1 Å². The van der Waals surface area contributed by atoms with E-state index in [-0.39, 0.29) is 23.6 Å². The number of likely N-dealkylation sites (N-methyl/N-ethyl adjacent to an activating group) is 1. The van der Waals surface area contributed by atoms with Gasteiger partial charge in [-0.05, 0) is 58.6 Å². The van der Waals surface area contributed by atoms with Gasteiger partial charge in [-0.25, -0.2) is 14.5 Å². The Bertz CT molecular complexity index is 1710. The quantitative estimate of drug-likeness (QED) is 0.256. The van der Waals surface area contributed by atoms with Crippen LogP contribution in [0, 0.1) is 0 Å². The Hall–Kier alpha value is -4.36. The van der Waals surface area contributed by atoms with Gasteiger partial charge in [0.15, 0.2) is 11.7 Å². The van der Waals surface area contributed by atoms with Crippen molar-refractivity contribution in [2.24, 2.45) is 0 Å². The van der Waals surface area contributed by atoms with Crippen LogP contribution in [0.3, 0.4) is 0 Å². The molecule has 5 rings (SSSR count). The number of imidazole rings is 1. The van der Waals surface area contributed by atoms with E-state index < -0.39 is 17.9 Å². The summed E-state index contributed by atoms with van der Waals surface area (Å²) >= 11 is 3.24. The van der Waals surface area contributed by atoms with Gasteiger partial charge in [-0.2, -0.15) is 0 Å². The van der Waals surface area contributed by atoms with Crippen molar-refractivity contribution in [3.63, 3.8) is 0 Å². The number of aromatic nitrogens is 6. The molecule has 0 fully saturated rings. The largest absolute Gasteiger partial charge is 0.378 e. The molecule has 0 aliphatic heterocycles. The summed E-state index contributed by atoms with van der Waals surface area (Å²) in [6.45, 7) is 2.36. The van der Waals surface area contributed by atoms with E-state index in [1.165, 1.54) is 15.6 Å². The highest BCUT2D eigenvalue weighted by Gasteiger charge is 2.36. The van der Waals surface area contributed by atoms with Crippen LogP contribution >= 0.6 is 15.9 Å². The van der Waals surface area contributed by atoms with Crippen molar-refractivity contribution in [2.45, 2.75) is 19.6 Å². The Morgan fingerprint density at radius 2 is 2.08 bits per heavy atom. The first-order valence-corrected chi connectivity index (χ1v) is 12.5. The number of fused-ring (bicyclic) bond motifs is 2. The molecule has 1 aromatic carbocycles. The number of rotatable bonds is 8. The molecule has 1 atom stereocenters. The summed E-state index contributed by atoms with van der Waals surface area (Å²) in [6, 6.07) is 8.83. The number of hydrogen-bond acceptors (Lipinski definition) is 7. The SMILES string of the molecule is CCNC(=O)C(c1ncc(COC)[nH]1)N(C(=O)c1ccc2nc(Br)nn2c1)c1ccc2cc[nH]c(=O)c2c1. The predicted octanol–water partition coefficient (Wildman–Crippen LogP) is 2.73. The van der Waals surface area contributed by atoms with E-state index in [9.17, 15) is 14.4 Å². The maximum absolute atomic E-state index is 14.2. The van der Waals surface area contributed by atoms with Crippen molar-refractivity contribution in [3.05, 3.63) is 87.2 Å². The van der Waals surface area contributed by atoms with Gasteiger partial charge in [-0.15, -0.1) is 5.10 Å². The van der Waals surface area contributed by atoms with Gasteiger partial charge in [0.2, 0.25) is 4.73 Å². The fourth-order valence-electron chi connectivity index (χ4n) is 4.21. The second-order valence-corrected chi connectivity index (χ2v) is 9.09. The van der Waals surface area contributed by atoms with Gasteiger partial charge < -0.3 is 20.0 Å². The molecule has 4 heterocycles. The van der Waals surface area contributed by atoms with E-state index >= 15 is 0 Å². The molecule has 0 aliphatic rings. The zero-order valence-corrected chi connectivity index (χ0v) is 22.0. The molecule has 2 amide bonds. The number of nitrogens with one attached hydrogen (secondary N) is 3. The summed E-state index contributed by atoms with van der Waals surface area (Å²) in [6.07, 6.45) is 4.64. The first-order chi connectivity index (χ1) is 18.4. The molecule has 3 N–H and O–H groups in total. The molecule has 12 nitrogen and oxygen atoms in total. The zero-order chi connectivity index (χ0) is 26.8. The number of pyridine rings is 2. The third kappa shape index (κ3) is 4.80. The number of anilines is 1. The Morgan fingerprint density at radius 1 is 1.24 bits per heavy atom. The zero-order valence-electron chi connectivity index (χ0n) is 20.4. The van der Waals surface area contributed by atoms with E-state index in [1.807, 2.05) is 0 Å². The average molecular weight is 579 g/mol. The Kier molecular flexibility index (Phi) is 7.03. The number of carbonyl (C=O) groups is 2. The van der Waals surface area contributed by atoms with Crippen LogP contribution < -0.4 is 15.8 Å². The molecule has 0 saturated carbocycles. The number of nitrogens with zero attached hydrogens (tertiary/aromatic N) is 5. The van der Waals surface area contributed by atoms with Crippen molar-refractivity contribution in [1.82, 2.24) is 34.9 Å². The number of ether oxygens (including phenoxy) is 1. The van der Waals surface area contributed by atoms with Crippen molar-refractivity contribution in [2.75, 3.05) is 18.6 Å². The molecule has 4 aromatic heterocycles. The number of aromatic amines is 2. The number of hydrogen-bond donors (Lipinski definition) is 3. The standard InChI is InChI=1S/C25H23BrN8O4/c1-3-27-23(36)20(21-29-11-16(30-21)13-38-2)34(17-6-4-14-8-9-28-22(35)18(14)10-17)24(37)15-5-7-19-31-25(26)32-33(19)12-15/h4-12,20H,3,13H2,1-2H3,(H,27,36)(H,28,35)(H,29,30). The third-order valence-corrected chi connectivity index (χ3v) is 6.21. The topological polar surface area (TPSA) is 150 Å². The number of halogens is 1. The summed E-state index contributed by atoms with van der Waals surface area (Å²) in [5.74, 6) is -0.722. The molecule has 0 spiro atoms. The van der Waals surface area contributed by atoms with Crippen molar-refractivity contribution < 1.29 is 14.3 Å². The van der Waals surface area contributed by atoms with E-state index in [2.05, 4.69) is 46.3 Å². The minimum atomic E-state index is -1.19. The molecular formula is C25H23BrN8O4. The molecule has 0 saturated heterocycles. The van der Waals surface area contributed by atoms with Gasteiger partial charge in [0.25, 0.3) is 17.4 Å². The van der Waals surface area contributed by atoms with Crippen LogP contribution in [0.25, 0.3) is 16.4 Å². The van der Waals surface area contributed by atoms with Crippen LogP contribution in [0.1, 0.15) is 34.8 Å². The summed E-state index contributed by atoms with van der Waals surface area (Å²) in [5.41, 5.74) is 1.43. The molecule has 38 heavy (non-hydrogen) atoms. The van der Waals surface area contributed by atoms with E-state index in [1.54, 1.807) is 62.8 Å². The highest BCUT2D eigenvalue weighted by atomic mass is 79.9. The normalized spacial score (nSPS) is 12.1. The fourth-order valence-corrected chi connectivity index (χ4v) is 4.56. The van der Waals surface area contributed by atoms with Gasteiger partial charge in [-0.3, -0.25) is 19.3 Å². The van der Waals surface area contributed by atoms with Gasteiger partial charge in [-0.1, -0.05) is 6.07 Å². The minimum absolute atomic E-state index is 0.239. The second kappa shape index (κ2) is 10.6.